The Morgan fingerprint density at radius 2 is 1.31 bits per heavy atom. The lowest BCUT2D eigenvalue weighted by molar-refractivity contribution is 0.0970. The minimum atomic E-state index is -4.29. The lowest BCUT2D eigenvalue weighted by atomic mass is 10.0. The summed E-state index contributed by atoms with van der Waals surface area (Å²) in [7, 11) is -7.86. The largest absolute Gasteiger partial charge is 0.331 e. The van der Waals surface area contributed by atoms with Crippen LogP contribution in [0.1, 0.15) is 84.6 Å². The van der Waals surface area contributed by atoms with Gasteiger partial charge < -0.3 is 18.8 Å². The minimum Gasteiger partial charge on any atom is -0.324 e. The number of benzene rings is 1. The Morgan fingerprint density at radius 1 is 0.812 bits per heavy atom. The average Bonchev–Trinajstić information content (AvgIpc) is 2.73. The van der Waals surface area contributed by atoms with E-state index < -0.39 is 21.1 Å². The van der Waals surface area contributed by atoms with Gasteiger partial charge in [0, 0.05) is 0 Å². The van der Waals surface area contributed by atoms with Gasteiger partial charge in [0.1, 0.15) is 0 Å². The van der Waals surface area contributed by atoms with Crippen molar-refractivity contribution in [3.63, 3.8) is 0 Å². The summed E-state index contributed by atoms with van der Waals surface area (Å²) in [6.45, 7) is 8.24. The van der Waals surface area contributed by atoms with Crippen LogP contribution in [-0.2, 0) is 24.6 Å². The predicted molar refractivity (Wildman–Crippen MR) is 132 cm³/mol. The molecule has 8 heteroatoms. The van der Waals surface area contributed by atoms with Crippen LogP contribution in [0, 0.1) is 5.92 Å². The zero-order valence-corrected chi connectivity index (χ0v) is 22.1. The zero-order chi connectivity index (χ0) is 24.0. The molecule has 0 spiro atoms. The highest BCUT2D eigenvalue weighted by molar-refractivity contribution is 7.54. The molecule has 3 atom stereocenters. The average molecular weight is 491 g/mol. The molecule has 0 saturated heterocycles. The fraction of sp³-hybridized carbons (Fsp3) is 0.750. The second kappa shape index (κ2) is 15.4. The van der Waals surface area contributed by atoms with Gasteiger partial charge in [0.05, 0.1) is 24.5 Å². The third-order valence-electron chi connectivity index (χ3n) is 5.63. The first-order valence-electron chi connectivity index (χ1n) is 12.2. The quantitative estimate of drug-likeness (QED) is 0.212. The Hall–Kier alpha value is -0.480. The molecule has 0 aliphatic rings. The standard InChI is InChI=1S/C24H44O6P2/c1-5-9-16-23(7-3)29-32(28,30-24(8-4)17-10-6-2)20-22(19-31(25,26)27)18-21-14-12-11-13-15-21/h11-15,22-24H,5-10,16-20H2,1-4H3,(H2,25,26,27). The Bertz CT molecular complexity index is 684. The van der Waals surface area contributed by atoms with Crippen molar-refractivity contribution < 1.29 is 28.0 Å². The first-order valence-corrected chi connectivity index (χ1v) is 15.7. The smallest absolute Gasteiger partial charge is 0.324 e. The molecule has 0 fully saturated rings. The molecule has 0 radical (unpaired) electrons. The molecule has 2 N–H and O–H groups in total. The van der Waals surface area contributed by atoms with Crippen molar-refractivity contribution in [1.82, 2.24) is 0 Å². The Morgan fingerprint density at radius 3 is 1.72 bits per heavy atom. The monoisotopic (exact) mass is 490 g/mol. The summed E-state index contributed by atoms with van der Waals surface area (Å²) in [5.41, 5.74) is 0.952. The molecule has 0 saturated carbocycles. The van der Waals surface area contributed by atoms with Crippen LogP contribution in [0.5, 0.6) is 0 Å². The maximum atomic E-state index is 14.1. The van der Waals surface area contributed by atoms with Crippen LogP contribution >= 0.6 is 15.2 Å². The van der Waals surface area contributed by atoms with Gasteiger partial charge in [-0.25, -0.2) is 0 Å². The molecule has 0 amide bonds. The highest BCUT2D eigenvalue weighted by Gasteiger charge is 2.36. The Kier molecular flexibility index (Phi) is 14.2. The number of hydrogen-bond donors (Lipinski definition) is 2. The zero-order valence-electron chi connectivity index (χ0n) is 20.3. The van der Waals surface area contributed by atoms with Gasteiger partial charge in [-0.05, 0) is 43.6 Å². The van der Waals surface area contributed by atoms with Gasteiger partial charge in [-0.15, -0.1) is 0 Å². The van der Waals surface area contributed by atoms with Crippen LogP contribution in [0.3, 0.4) is 0 Å². The van der Waals surface area contributed by atoms with E-state index >= 15 is 0 Å². The van der Waals surface area contributed by atoms with Crippen LogP contribution in [0.15, 0.2) is 30.3 Å². The third-order valence-corrected chi connectivity index (χ3v) is 8.83. The molecule has 3 unspecified atom stereocenters. The van der Waals surface area contributed by atoms with E-state index in [9.17, 15) is 18.9 Å². The van der Waals surface area contributed by atoms with E-state index in [1.165, 1.54) is 0 Å². The third kappa shape index (κ3) is 12.7. The van der Waals surface area contributed by atoms with Crippen molar-refractivity contribution in [2.24, 2.45) is 5.92 Å². The van der Waals surface area contributed by atoms with E-state index in [4.69, 9.17) is 9.05 Å². The molecule has 1 aromatic rings. The summed E-state index contributed by atoms with van der Waals surface area (Å²) in [6.07, 6.45) is 6.76. The summed E-state index contributed by atoms with van der Waals surface area (Å²) < 4.78 is 38.3. The molecular weight excluding hydrogens is 446 g/mol. The first-order chi connectivity index (χ1) is 15.1. The SMILES string of the molecule is CCCCC(CC)OP(=O)(CC(Cc1ccccc1)CP(=O)(O)O)OC(CC)CCCC. The summed E-state index contributed by atoms with van der Waals surface area (Å²) in [5.74, 6) is -0.503. The summed E-state index contributed by atoms with van der Waals surface area (Å²) in [6, 6.07) is 9.53. The Labute approximate surface area is 195 Å². The fourth-order valence-electron chi connectivity index (χ4n) is 3.88. The van der Waals surface area contributed by atoms with E-state index in [1.54, 1.807) is 0 Å². The molecule has 0 heterocycles. The number of unbranched alkanes of at least 4 members (excludes halogenated alkanes) is 2. The first kappa shape index (κ1) is 29.6. The van der Waals surface area contributed by atoms with E-state index in [2.05, 4.69) is 13.8 Å². The van der Waals surface area contributed by atoms with Crippen LogP contribution in [-0.4, -0.2) is 34.3 Å². The predicted octanol–water partition coefficient (Wildman–Crippen LogP) is 7.19. The molecule has 0 aromatic heterocycles. The van der Waals surface area contributed by atoms with Gasteiger partial charge in [-0.1, -0.05) is 83.7 Å². The molecule has 32 heavy (non-hydrogen) atoms. The lowest BCUT2D eigenvalue weighted by Gasteiger charge is -2.30. The van der Waals surface area contributed by atoms with E-state index in [1.807, 2.05) is 44.2 Å². The summed E-state index contributed by atoms with van der Waals surface area (Å²) >= 11 is 0. The van der Waals surface area contributed by atoms with Crippen molar-refractivity contribution in [2.45, 2.75) is 97.7 Å². The van der Waals surface area contributed by atoms with Crippen LogP contribution in [0.25, 0.3) is 0 Å². The van der Waals surface area contributed by atoms with Gasteiger partial charge in [-0.3, -0.25) is 9.13 Å². The highest BCUT2D eigenvalue weighted by atomic mass is 31.2. The molecule has 186 valence electrons. The van der Waals surface area contributed by atoms with Gasteiger partial charge in [-0.2, -0.15) is 0 Å². The van der Waals surface area contributed by atoms with E-state index in [0.717, 1.165) is 56.9 Å². The molecule has 0 aliphatic carbocycles. The lowest BCUT2D eigenvalue weighted by Crippen LogP contribution is -2.23. The van der Waals surface area contributed by atoms with Gasteiger partial charge >= 0.3 is 15.2 Å². The second-order valence-electron chi connectivity index (χ2n) is 8.75. The summed E-state index contributed by atoms with van der Waals surface area (Å²) in [5, 5.41) is 0. The highest BCUT2D eigenvalue weighted by Crippen LogP contribution is 2.55. The Balaban J connectivity index is 3.14. The van der Waals surface area contributed by atoms with Crippen LogP contribution in [0.4, 0.5) is 0 Å². The van der Waals surface area contributed by atoms with Crippen molar-refractivity contribution in [3.8, 4) is 0 Å². The fourth-order valence-corrected chi connectivity index (χ4v) is 7.54. The maximum absolute atomic E-state index is 14.1. The number of hydrogen-bond acceptors (Lipinski definition) is 4. The van der Waals surface area contributed by atoms with Gasteiger partial charge in [0.2, 0.25) is 0 Å². The van der Waals surface area contributed by atoms with E-state index in [0.29, 0.717) is 6.42 Å². The molecule has 0 bridgehead atoms. The van der Waals surface area contributed by atoms with Crippen LogP contribution in [0.2, 0.25) is 0 Å². The van der Waals surface area contributed by atoms with Crippen LogP contribution < -0.4 is 0 Å². The molecule has 1 rings (SSSR count). The minimum absolute atomic E-state index is 0.0122. The van der Waals surface area contributed by atoms with Crippen molar-refractivity contribution >= 4 is 15.2 Å². The maximum Gasteiger partial charge on any atom is 0.331 e. The van der Waals surface area contributed by atoms with Crippen molar-refractivity contribution in [3.05, 3.63) is 35.9 Å². The molecule has 1 aromatic carbocycles. The van der Waals surface area contributed by atoms with Crippen molar-refractivity contribution in [1.29, 1.82) is 0 Å². The summed E-state index contributed by atoms with van der Waals surface area (Å²) in [4.78, 5) is 19.4. The second-order valence-corrected chi connectivity index (χ2v) is 12.5. The topological polar surface area (TPSA) is 93.1 Å². The normalized spacial score (nSPS) is 16.9. The van der Waals surface area contributed by atoms with E-state index in [-0.39, 0.29) is 24.5 Å². The van der Waals surface area contributed by atoms with Gasteiger partial charge in [0.25, 0.3) is 0 Å². The van der Waals surface area contributed by atoms with Gasteiger partial charge in [0.15, 0.2) is 0 Å². The van der Waals surface area contributed by atoms with Crippen molar-refractivity contribution in [2.75, 3.05) is 12.3 Å². The number of rotatable bonds is 18. The molecule has 6 nitrogen and oxygen atoms in total. The molecule has 0 aliphatic heterocycles. The molecular formula is C24H44O6P2.